The summed E-state index contributed by atoms with van der Waals surface area (Å²) in [6.07, 6.45) is 4.15. The quantitative estimate of drug-likeness (QED) is 0.400. The van der Waals surface area contributed by atoms with Crippen LogP contribution in [0.15, 0.2) is 12.7 Å². The maximum Gasteiger partial charge on any atom is 0.0891 e. The van der Waals surface area contributed by atoms with Gasteiger partial charge in [0.15, 0.2) is 0 Å². The van der Waals surface area contributed by atoms with Gasteiger partial charge in [0.25, 0.3) is 0 Å². The smallest absolute Gasteiger partial charge is 0.0891 e. The first-order valence-corrected chi connectivity index (χ1v) is 3.02. The van der Waals surface area contributed by atoms with E-state index in [-0.39, 0.29) is 5.60 Å². The summed E-state index contributed by atoms with van der Waals surface area (Å²) >= 11 is 0. The molecule has 1 heteroatoms. The average Bonchev–Trinajstić information content (AvgIpc) is 2.45. The van der Waals surface area contributed by atoms with Crippen LogP contribution in [0.2, 0.25) is 0 Å². The van der Waals surface area contributed by atoms with Crippen molar-refractivity contribution in [1.29, 1.82) is 0 Å². The van der Waals surface area contributed by atoms with E-state index in [0.717, 1.165) is 19.4 Å². The van der Waals surface area contributed by atoms with Gasteiger partial charge in [0.1, 0.15) is 0 Å². The van der Waals surface area contributed by atoms with Crippen molar-refractivity contribution in [3.63, 3.8) is 0 Å². The number of rotatable bonds is 3. The minimum absolute atomic E-state index is 0.230. The predicted octanol–water partition coefficient (Wildman–Crippen LogP) is 1.74. The topological polar surface area (TPSA) is 12.5 Å². The van der Waals surface area contributed by atoms with Crippen LogP contribution < -0.4 is 0 Å². The lowest BCUT2D eigenvalue weighted by atomic mass is 10.1. The molecule has 0 aromatic heterocycles. The lowest BCUT2D eigenvalue weighted by Gasteiger charge is -1.98. The molecule has 1 saturated heterocycles. The van der Waals surface area contributed by atoms with E-state index < -0.39 is 0 Å². The van der Waals surface area contributed by atoms with Crippen molar-refractivity contribution in [2.45, 2.75) is 25.4 Å². The highest BCUT2D eigenvalue weighted by molar-refractivity contribution is 4.88. The molecule has 0 radical (unpaired) electrons. The molecule has 1 aliphatic rings. The molecule has 1 aliphatic heterocycles. The van der Waals surface area contributed by atoms with Crippen LogP contribution in [0.25, 0.3) is 0 Å². The minimum atomic E-state index is 0.230. The van der Waals surface area contributed by atoms with Gasteiger partial charge in [-0.2, -0.15) is 0 Å². The Kier molecular flexibility index (Phi) is 1.39. The molecule has 0 aromatic rings. The second-order valence-electron chi connectivity index (χ2n) is 2.57. The minimum Gasteiger partial charge on any atom is -0.370 e. The third-order valence-corrected chi connectivity index (χ3v) is 1.51. The Hall–Kier alpha value is -0.300. The molecule has 1 nitrogen and oxygen atoms in total. The number of hydrogen-bond donors (Lipinski definition) is 0. The predicted molar refractivity (Wildman–Crippen MR) is 33.8 cm³/mol. The largest absolute Gasteiger partial charge is 0.370 e. The zero-order valence-corrected chi connectivity index (χ0v) is 5.31. The van der Waals surface area contributed by atoms with E-state index >= 15 is 0 Å². The summed E-state index contributed by atoms with van der Waals surface area (Å²) in [5.74, 6) is 0. The Morgan fingerprint density at radius 1 is 1.88 bits per heavy atom. The van der Waals surface area contributed by atoms with E-state index in [2.05, 4.69) is 13.5 Å². The molecule has 0 bridgehead atoms. The maximum atomic E-state index is 5.15. The molecule has 1 atom stereocenters. The summed E-state index contributed by atoms with van der Waals surface area (Å²) in [5, 5.41) is 0. The van der Waals surface area contributed by atoms with E-state index in [0.29, 0.717) is 0 Å². The van der Waals surface area contributed by atoms with Crippen LogP contribution in [-0.2, 0) is 4.74 Å². The van der Waals surface area contributed by atoms with Gasteiger partial charge in [-0.05, 0) is 19.8 Å². The van der Waals surface area contributed by atoms with Crippen molar-refractivity contribution in [2.24, 2.45) is 0 Å². The van der Waals surface area contributed by atoms with Crippen LogP contribution in [0.1, 0.15) is 19.8 Å². The maximum absolute atomic E-state index is 5.15. The van der Waals surface area contributed by atoms with Crippen LogP contribution >= 0.6 is 0 Å². The monoisotopic (exact) mass is 112 g/mol. The summed E-state index contributed by atoms with van der Waals surface area (Å²) in [6.45, 7) is 6.72. The normalized spacial score (nSPS) is 34.6. The zero-order chi connectivity index (χ0) is 6.04. The molecule has 1 unspecified atom stereocenters. The fraction of sp³-hybridized carbons (Fsp3) is 0.714. The molecule has 1 rings (SSSR count). The second-order valence-corrected chi connectivity index (χ2v) is 2.57. The van der Waals surface area contributed by atoms with Gasteiger partial charge in [-0.25, -0.2) is 0 Å². The molecule has 1 heterocycles. The summed E-state index contributed by atoms with van der Waals surface area (Å²) in [7, 11) is 0. The average molecular weight is 112 g/mol. The first-order chi connectivity index (χ1) is 3.77. The van der Waals surface area contributed by atoms with Gasteiger partial charge in [-0.1, -0.05) is 6.08 Å². The van der Waals surface area contributed by atoms with Crippen molar-refractivity contribution in [3.8, 4) is 0 Å². The van der Waals surface area contributed by atoms with Crippen LogP contribution in [-0.4, -0.2) is 12.2 Å². The van der Waals surface area contributed by atoms with Crippen molar-refractivity contribution in [2.75, 3.05) is 6.61 Å². The lowest BCUT2D eigenvalue weighted by molar-refractivity contribution is 0.310. The molecule has 0 amide bonds. The number of epoxide rings is 1. The standard InChI is InChI=1S/C7H12O/c1-3-4-5-7(2)6-8-7/h3H,1,4-6H2,2H3. The van der Waals surface area contributed by atoms with Crippen molar-refractivity contribution in [1.82, 2.24) is 0 Å². The van der Waals surface area contributed by atoms with Crippen LogP contribution in [0, 0.1) is 0 Å². The highest BCUT2D eigenvalue weighted by Crippen LogP contribution is 2.30. The summed E-state index contributed by atoms with van der Waals surface area (Å²) < 4.78 is 5.15. The first kappa shape index (κ1) is 5.83. The molecular formula is C7H12O. The summed E-state index contributed by atoms with van der Waals surface area (Å²) in [4.78, 5) is 0. The lowest BCUT2D eigenvalue weighted by Crippen LogP contribution is -2.01. The molecular weight excluding hydrogens is 100 g/mol. The molecule has 46 valence electrons. The second kappa shape index (κ2) is 1.90. The first-order valence-electron chi connectivity index (χ1n) is 3.02. The highest BCUT2D eigenvalue weighted by Gasteiger charge is 2.37. The Morgan fingerprint density at radius 3 is 2.88 bits per heavy atom. The highest BCUT2D eigenvalue weighted by atomic mass is 16.6. The van der Waals surface area contributed by atoms with Gasteiger partial charge in [0, 0.05) is 0 Å². The molecule has 8 heavy (non-hydrogen) atoms. The van der Waals surface area contributed by atoms with E-state index in [1.807, 2.05) is 6.08 Å². The van der Waals surface area contributed by atoms with Crippen molar-refractivity contribution < 1.29 is 4.74 Å². The van der Waals surface area contributed by atoms with Crippen LogP contribution in [0.4, 0.5) is 0 Å². The SMILES string of the molecule is C=CCCC1(C)CO1. The molecule has 0 spiro atoms. The van der Waals surface area contributed by atoms with Crippen molar-refractivity contribution >= 4 is 0 Å². The Morgan fingerprint density at radius 2 is 2.50 bits per heavy atom. The number of hydrogen-bond acceptors (Lipinski definition) is 1. The Bertz CT molecular complexity index is 92.6. The van der Waals surface area contributed by atoms with Gasteiger partial charge in [-0.15, -0.1) is 6.58 Å². The third-order valence-electron chi connectivity index (χ3n) is 1.51. The molecule has 0 saturated carbocycles. The zero-order valence-electron chi connectivity index (χ0n) is 5.31. The fourth-order valence-corrected chi connectivity index (χ4v) is 0.675. The fourth-order valence-electron chi connectivity index (χ4n) is 0.675. The molecule has 0 aromatic carbocycles. The van der Waals surface area contributed by atoms with Gasteiger partial charge < -0.3 is 4.74 Å². The third kappa shape index (κ3) is 1.34. The summed E-state index contributed by atoms with van der Waals surface area (Å²) in [5.41, 5.74) is 0.230. The van der Waals surface area contributed by atoms with Gasteiger partial charge >= 0.3 is 0 Å². The summed E-state index contributed by atoms with van der Waals surface area (Å²) in [6, 6.07) is 0. The van der Waals surface area contributed by atoms with Crippen LogP contribution in [0.5, 0.6) is 0 Å². The number of allylic oxidation sites excluding steroid dienone is 1. The molecule has 1 fully saturated rings. The van der Waals surface area contributed by atoms with Gasteiger partial charge in [0.2, 0.25) is 0 Å². The number of ether oxygens (including phenoxy) is 1. The Labute approximate surface area is 50.3 Å². The molecule has 0 N–H and O–H groups in total. The van der Waals surface area contributed by atoms with E-state index in [1.165, 1.54) is 0 Å². The van der Waals surface area contributed by atoms with E-state index in [9.17, 15) is 0 Å². The van der Waals surface area contributed by atoms with E-state index in [1.54, 1.807) is 0 Å². The van der Waals surface area contributed by atoms with E-state index in [4.69, 9.17) is 4.74 Å². The Balaban J connectivity index is 2.09. The van der Waals surface area contributed by atoms with Gasteiger partial charge in [-0.3, -0.25) is 0 Å². The van der Waals surface area contributed by atoms with Crippen molar-refractivity contribution in [3.05, 3.63) is 12.7 Å². The van der Waals surface area contributed by atoms with Crippen LogP contribution in [0.3, 0.4) is 0 Å². The molecule has 0 aliphatic carbocycles. The van der Waals surface area contributed by atoms with Gasteiger partial charge in [0.05, 0.1) is 12.2 Å².